The summed E-state index contributed by atoms with van der Waals surface area (Å²) in [6.07, 6.45) is 6.22. The van der Waals surface area contributed by atoms with Crippen LogP contribution < -0.4 is 0 Å². The minimum absolute atomic E-state index is 0.527. The molecule has 3 heterocycles. The summed E-state index contributed by atoms with van der Waals surface area (Å²) in [5.74, 6) is 0.579. The van der Waals surface area contributed by atoms with Gasteiger partial charge in [-0.3, -0.25) is 9.20 Å². The molecule has 0 aliphatic heterocycles. The molecular formula is C10H8N4OS. The van der Waals surface area contributed by atoms with Crippen LogP contribution in [0.4, 0.5) is 0 Å². The largest absolute Gasteiger partial charge is 0.296 e. The Kier molecular flexibility index (Phi) is 1.90. The second kappa shape index (κ2) is 3.28. The van der Waals surface area contributed by atoms with Gasteiger partial charge in [0.2, 0.25) is 0 Å². The predicted octanol–water partition coefficient (Wildman–Crippen LogP) is 1.70. The molecule has 0 saturated carbocycles. The standard InChI is InChI=1S/C10H8N4OS/c1-7-4-11-14(5-7)9-8(6-15)13-2-3-16-10(13)12-9/h2-6H,1H3. The lowest BCUT2D eigenvalue weighted by Crippen LogP contribution is -2.00. The van der Waals surface area contributed by atoms with Crippen molar-refractivity contribution >= 4 is 22.6 Å². The van der Waals surface area contributed by atoms with Crippen LogP contribution in [0.25, 0.3) is 10.8 Å². The molecule has 0 amide bonds. The van der Waals surface area contributed by atoms with Crippen molar-refractivity contribution < 1.29 is 4.79 Å². The maximum atomic E-state index is 11.1. The number of nitrogens with zero attached hydrogens (tertiary/aromatic N) is 4. The van der Waals surface area contributed by atoms with E-state index in [1.807, 2.05) is 24.7 Å². The predicted molar refractivity (Wildman–Crippen MR) is 60.3 cm³/mol. The zero-order chi connectivity index (χ0) is 11.1. The molecule has 0 saturated heterocycles. The molecule has 0 fully saturated rings. The zero-order valence-corrected chi connectivity index (χ0v) is 9.31. The van der Waals surface area contributed by atoms with Crippen LogP contribution in [0, 0.1) is 6.92 Å². The molecule has 80 valence electrons. The molecule has 0 radical (unpaired) electrons. The quantitative estimate of drug-likeness (QED) is 0.632. The third-order valence-electron chi connectivity index (χ3n) is 2.32. The number of hydrogen-bond donors (Lipinski definition) is 0. The van der Waals surface area contributed by atoms with E-state index in [-0.39, 0.29) is 0 Å². The van der Waals surface area contributed by atoms with Crippen LogP contribution >= 0.6 is 11.3 Å². The summed E-state index contributed by atoms with van der Waals surface area (Å²) in [5.41, 5.74) is 1.56. The van der Waals surface area contributed by atoms with E-state index in [1.165, 1.54) is 11.3 Å². The van der Waals surface area contributed by atoms with Gasteiger partial charge in [0, 0.05) is 17.8 Å². The van der Waals surface area contributed by atoms with Gasteiger partial charge < -0.3 is 0 Å². The van der Waals surface area contributed by atoms with Gasteiger partial charge in [-0.05, 0) is 12.5 Å². The van der Waals surface area contributed by atoms with E-state index in [1.54, 1.807) is 15.3 Å². The highest BCUT2D eigenvalue weighted by Gasteiger charge is 2.14. The van der Waals surface area contributed by atoms with E-state index in [9.17, 15) is 4.79 Å². The van der Waals surface area contributed by atoms with Crippen LogP contribution in [-0.4, -0.2) is 25.5 Å². The van der Waals surface area contributed by atoms with Gasteiger partial charge in [0.1, 0.15) is 5.69 Å². The van der Waals surface area contributed by atoms with Crippen LogP contribution in [-0.2, 0) is 0 Å². The maximum Gasteiger partial charge on any atom is 0.196 e. The van der Waals surface area contributed by atoms with Crippen LogP contribution in [0.2, 0.25) is 0 Å². The van der Waals surface area contributed by atoms with Crippen LogP contribution in [0.15, 0.2) is 24.0 Å². The number of carbonyl (C=O) groups is 1. The third kappa shape index (κ3) is 1.20. The van der Waals surface area contributed by atoms with E-state index in [2.05, 4.69) is 10.1 Å². The first kappa shape index (κ1) is 9.29. The van der Waals surface area contributed by atoms with Crippen molar-refractivity contribution in [2.75, 3.05) is 0 Å². The van der Waals surface area contributed by atoms with Crippen molar-refractivity contribution in [1.82, 2.24) is 19.2 Å². The summed E-state index contributed by atoms with van der Waals surface area (Å²) >= 11 is 1.49. The summed E-state index contributed by atoms with van der Waals surface area (Å²) in [4.78, 5) is 16.3. The van der Waals surface area contributed by atoms with Gasteiger partial charge in [0.15, 0.2) is 17.1 Å². The van der Waals surface area contributed by atoms with Gasteiger partial charge in [-0.25, -0.2) is 4.68 Å². The van der Waals surface area contributed by atoms with Crippen molar-refractivity contribution in [3.8, 4) is 5.82 Å². The molecule has 0 unspecified atom stereocenters. The molecule has 3 aromatic heterocycles. The first-order valence-electron chi connectivity index (χ1n) is 4.72. The number of rotatable bonds is 2. The number of aldehydes is 1. The molecule has 0 bridgehead atoms. The summed E-state index contributed by atoms with van der Waals surface area (Å²) in [7, 11) is 0. The number of hydrogen-bond acceptors (Lipinski definition) is 4. The number of aryl methyl sites for hydroxylation is 1. The Morgan fingerprint density at radius 2 is 2.38 bits per heavy atom. The van der Waals surface area contributed by atoms with Crippen molar-refractivity contribution in [2.24, 2.45) is 0 Å². The summed E-state index contributed by atoms with van der Waals surface area (Å²) in [5, 5.41) is 6.05. The minimum Gasteiger partial charge on any atom is -0.296 e. The van der Waals surface area contributed by atoms with E-state index >= 15 is 0 Å². The normalized spacial score (nSPS) is 11.1. The Labute approximate surface area is 95.0 Å². The molecule has 0 spiro atoms. The summed E-state index contributed by atoms with van der Waals surface area (Å²) in [6.45, 7) is 1.95. The first-order valence-corrected chi connectivity index (χ1v) is 5.60. The molecule has 0 N–H and O–H groups in total. The molecule has 0 aromatic carbocycles. The fraction of sp³-hybridized carbons (Fsp3) is 0.100. The SMILES string of the molecule is Cc1cnn(-c2nc3sccn3c2C=O)c1. The van der Waals surface area contributed by atoms with Gasteiger partial charge in [-0.2, -0.15) is 10.1 Å². The van der Waals surface area contributed by atoms with Crippen LogP contribution in [0.1, 0.15) is 16.1 Å². The second-order valence-corrected chi connectivity index (χ2v) is 4.33. The van der Waals surface area contributed by atoms with E-state index < -0.39 is 0 Å². The highest BCUT2D eigenvalue weighted by molar-refractivity contribution is 7.15. The zero-order valence-electron chi connectivity index (χ0n) is 8.49. The van der Waals surface area contributed by atoms with Gasteiger partial charge in [0.25, 0.3) is 0 Å². The fourth-order valence-corrected chi connectivity index (χ4v) is 2.31. The van der Waals surface area contributed by atoms with Crippen molar-refractivity contribution in [3.05, 3.63) is 35.2 Å². The Balaban J connectivity index is 2.30. The fourth-order valence-electron chi connectivity index (χ4n) is 1.60. The number of carbonyl (C=O) groups excluding carboxylic acids is 1. The second-order valence-electron chi connectivity index (χ2n) is 3.46. The maximum absolute atomic E-state index is 11.1. The Bertz CT molecular complexity index is 663. The molecule has 0 aliphatic rings. The Morgan fingerprint density at radius 1 is 1.50 bits per heavy atom. The van der Waals surface area contributed by atoms with Crippen LogP contribution in [0.3, 0.4) is 0 Å². The van der Waals surface area contributed by atoms with E-state index in [4.69, 9.17) is 0 Å². The van der Waals surface area contributed by atoms with Crippen LogP contribution in [0.5, 0.6) is 0 Å². The smallest absolute Gasteiger partial charge is 0.196 e. The third-order valence-corrected chi connectivity index (χ3v) is 3.08. The Morgan fingerprint density at radius 3 is 3.06 bits per heavy atom. The lowest BCUT2D eigenvalue weighted by atomic mass is 10.4. The summed E-state index contributed by atoms with van der Waals surface area (Å²) in [6, 6.07) is 0. The molecule has 0 atom stereocenters. The average Bonchev–Trinajstić information content (AvgIpc) is 2.90. The molecule has 5 nitrogen and oxygen atoms in total. The monoisotopic (exact) mass is 232 g/mol. The minimum atomic E-state index is 0.527. The van der Waals surface area contributed by atoms with Crippen molar-refractivity contribution in [3.63, 3.8) is 0 Å². The highest BCUT2D eigenvalue weighted by atomic mass is 32.1. The van der Waals surface area contributed by atoms with Crippen molar-refractivity contribution in [2.45, 2.75) is 6.92 Å². The average molecular weight is 232 g/mol. The number of thiazole rings is 1. The topological polar surface area (TPSA) is 52.2 Å². The number of imidazole rings is 1. The van der Waals surface area contributed by atoms with Gasteiger partial charge >= 0.3 is 0 Å². The molecular weight excluding hydrogens is 224 g/mol. The van der Waals surface area contributed by atoms with E-state index in [0.717, 1.165) is 16.8 Å². The summed E-state index contributed by atoms with van der Waals surface area (Å²) < 4.78 is 3.39. The Hall–Kier alpha value is -1.95. The first-order chi connectivity index (χ1) is 7.79. The molecule has 6 heteroatoms. The van der Waals surface area contributed by atoms with E-state index in [0.29, 0.717) is 11.5 Å². The highest BCUT2D eigenvalue weighted by Crippen LogP contribution is 2.18. The molecule has 3 rings (SSSR count). The van der Waals surface area contributed by atoms with Gasteiger partial charge in [-0.1, -0.05) is 0 Å². The van der Waals surface area contributed by atoms with Gasteiger partial charge in [0.05, 0.1) is 6.20 Å². The van der Waals surface area contributed by atoms with Crippen molar-refractivity contribution in [1.29, 1.82) is 0 Å². The molecule has 0 aliphatic carbocycles. The number of aromatic nitrogens is 4. The lowest BCUT2D eigenvalue weighted by Gasteiger charge is -1.96. The number of fused-ring (bicyclic) bond motifs is 1. The van der Waals surface area contributed by atoms with Gasteiger partial charge in [-0.15, -0.1) is 11.3 Å². The molecule has 3 aromatic rings. The molecule has 16 heavy (non-hydrogen) atoms. The lowest BCUT2D eigenvalue weighted by molar-refractivity contribution is 0.111.